The number of carbonyl (C=O) groups is 2. The maximum Gasteiger partial charge on any atom is 0.340 e. The quantitative estimate of drug-likeness (QED) is 0.513. The van der Waals surface area contributed by atoms with Crippen molar-refractivity contribution in [3.05, 3.63) is 75.1 Å². The van der Waals surface area contributed by atoms with E-state index in [2.05, 4.69) is 5.32 Å². The van der Waals surface area contributed by atoms with Gasteiger partial charge in [0.25, 0.3) is 5.91 Å². The van der Waals surface area contributed by atoms with Crippen molar-refractivity contribution in [3.8, 4) is 0 Å². The molecular weight excluding hydrogens is 354 g/mol. The number of benzene rings is 1. The van der Waals surface area contributed by atoms with E-state index in [0.29, 0.717) is 11.3 Å². The fraction of sp³-hybridized carbons (Fsp3) is 0.0526. The summed E-state index contributed by atoms with van der Waals surface area (Å²) in [5.74, 6) is -0.889. The molecular formula is C19H15NO3S2. The van der Waals surface area contributed by atoms with E-state index < -0.39 is 5.97 Å². The zero-order valence-electron chi connectivity index (χ0n) is 13.2. The van der Waals surface area contributed by atoms with Crippen LogP contribution in [-0.4, -0.2) is 18.5 Å². The highest BCUT2D eigenvalue weighted by Crippen LogP contribution is 2.25. The van der Waals surface area contributed by atoms with Gasteiger partial charge in [0.15, 0.2) is 6.61 Å². The summed E-state index contributed by atoms with van der Waals surface area (Å²) in [7, 11) is 0. The predicted molar refractivity (Wildman–Crippen MR) is 103 cm³/mol. The zero-order chi connectivity index (χ0) is 17.5. The summed E-state index contributed by atoms with van der Waals surface area (Å²) in [6, 6.07) is 16.6. The third-order valence-corrected chi connectivity index (χ3v) is 4.95. The number of hydrogen-bond donors (Lipinski definition) is 1. The average molecular weight is 369 g/mol. The van der Waals surface area contributed by atoms with Crippen LogP contribution in [0.5, 0.6) is 0 Å². The van der Waals surface area contributed by atoms with Crippen LogP contribution < -0.4 is 5.32 Å². The smallest absolute Gasteiger partial charge is 0.340 e. The maximum atomic E-state index is 12.5. The fourth-order valence-electron chi connectivity index (χ4n) is 2.11. The molecule has 1 aromatic carbocycles. The second-order valence-electron chi connectivity index (χ2n) is 5.04. The summed E-state index contributed by atoms with van der Waals surface area (Å²) >= 11 is 2.99. The van der Waals surface area contributed by atoms with Gasteiger partial charge < -0.3 is 10.1 Å². The number of rotatable bonds is 6. The van der Waals surface area contributed by atoms with Crippen LogP contribution in [0.25, 0.3) is 11.6 Å². The highest BCUT2D eigenvalue weighted by Gasteiger charge is 2.16. The van der Waals surface area contributed by atoms with Gasteiger partial charge in [-0.15, -0.1) is 22.7 Å². The molecule has 0 saturated heterocycles. The van der Waals surface area contributed by atoms with Crippen molar-refractivity contribution in [2.24, 2.45) is 0 Å². The summed E-state index contributed by atoms with van der Waals surface area (Å²) in [6.07, 6.45) is 1.79. The molecule has 0 saturated carbocycles. The molecule has 3 rings (SSSR count). The number of amides is 1. The summed E-state index contributed by atoms with van der Waals surface area (Å²) in [5, 5.41) is 6.52. The lowest BCUT2D eigenvalue weighted by Crippen LogP contribution is -2.21. The van der Waals surface area contributed by atoms with Crippen molar-refractivity contribution in [3.63, 3.8) is 0 Å². The monoisotopic (exact) mass is 369 g/mol. The molecule has 0 aliphatic carbocycles. The molecule has 0 spiro atoms. The number of esters is 1. The molecule has 2 aromatic heterocycles. The lowest BCUT2D eigenvalue weighted by molar-refractivity contribution is -0.141. The molecule has 0 aliphatic heterocycles. The van der Waals surface area contributed by atoms with Gasteiger partial charge in [0.1, 0.15) is 0 Å². The number of carbonyl (C=O) groups excluding carboxylic acids is 2. The fourth-order valence-corrected chi connectivity index (χ4v) is 3.49. The number of ether oxygens (including phenoxy) is 1. The summed E-state index contributed by atoms with van der Waals surface area (Å²) < 4.78 is 5.20. The van der Waals surface area contributed by atoms with E-state index in [1.807, 2.05) is 53.2 Å². The van der Waals surface area contributed by atoms with Gasteiger partial charge in [0.05, 0.1) is 5.57 Å². The second kappa shape index (κ2) is 8.41. The van der Waals surface area contributed by atoms with Crippen molar-refractivity contribution in [2.75, 3.05) is 11.9 Å². The van der Waals surface area contributed by atoms with E-state index in [1.54, 1.807) is 18.2 Å². The lowest BCUT2D eigenvalue weighted by atomic mass is 10.2. The van der Waals surface area contributed by atoms with Crippen LogP contribution in [0, 0.1) is 0 Å². The third-order valence-electron chi connectivity index (χ3n) is 3.23. The van der Waals surface area contributed by atoms with Crippen molar-refractivity contribution in [1.29, 1.82) is 0 Å². The molecule has 4 nitrogen and oxygen atoms in total. The Balaban J connectivity index is 1.66. The highest BCUT2D eigenvalue weighted by atomic mass is 32.1. The van der Waals surface area contributed by atoms with Crippen molar-refractivity contribution in [1.82, 2.24) is 0 Å². The molecule has 0 bridgehead atoms. The molecule has 0 fully saturated rings. The number of para-hydroxylation sites is 1. The molecule has 0 atom stereocenters. The first kappa shape index (κ1) is 17.1. The second-order valence-corrected chi connectivity index (χ2v) is 6.97. The van der Waals surface area contributed by atoms with E-state index in [-0.39, 0.29) is 12.5 Å². The first-order valence-corrected chi connectivity index (χ1v) is 9.29. The minimum atomic E-state index is -0.515. The van der Waals surface area contributed by atoms with Crippen LogP contribution in [0.15, 0.2) is 65.4 Å². The molecule has 126 valence electrons. The first-order chi connectivity index (χ1) is 12.2. The Morgan fingerprint density at radius 1 is 0.960 bits per heavy atom. The first-order valence-electron chi connectivity index (χ1n) is 7.53. The normalized spacial score (nSPS) is 11.1. The molecule has 3 aromatic rings. The van der Waals surface area contributed by atoms with Gasteiger partial charge >= 0.3 is 5.97 Å². The molecule has 6 heteroatoms. The predicted octanol–water partition coefficient (Wildman–Crippen LogP) is 4.53. The van der Waals surface area contributed by atoms with Gasteiger partial charge in [-0.1, -0.05) is 30.3 Å². The molecule has 25 heavy (non-hydrogen) atoms. The molecule has 0 aliphatic rings. The van der Waals surface area contributed by atoms with E-state index in [4.69, 9.17) is 4.74 Å². The zero-order valence-corrected chi connectivity index (χ0v) is 14.8. The van der Waals surface area contributed by atoms with Crippen LogP contribution in [0.3, 0.4) is 0 Å². The van der Waals surface area contributed by atoms with Gasteiger partial charge in [0.2, 0.25) is 0 Å². The number of anilines is 1. The number of hydrogen-bond acceptors (Lipinski definition) is 5. The van der Waals surface area contributed by atoms with Gasteiger partial charge in [-0.2, -0.15) is 0 Å². The summed E-state index contributed by atoms with van der Waals surface area (Å²) in [6.45, 7) is -0.332. The minimum Gasteiger partial charge on any atom is -0.452 e. The molecule has 0 radical (unpaired) electrons. The van der Waals surface area contributed by atoms with E-state index in [0.717, 1.165) is 9.75 Å². The SMILES string of the molecule is O=C(COC(=O)/C(=C/c1cccs1)c1cccs1)Nc1ccccc1. The highest BCUT2D eigenvalue weighted by molar-refractivity contribution is 7.12. The number of nitrogens with one attached hydrogen (secondary N) is 1. The summed E-state index contributed by atoms with van der Waals surface area (Å²) in [4.78, 5) is 26.2. The Bertz CT molecular complexity index is 853. The van der Waals surface area contributed by atoms with Crippen LogP contribution in [0.2, 0.25) is 0 Å². The maximum absolute atomic E-state index is 12.5. The van der Waals surface area contributed by atoms with Crippen LogP contribution >= 0.6 is 22.7 Å². The minimum absolute atomic E-state index is 0.332. The van der Waals surface area contributed by atoms with Crippen molar-refractivity contribution < 1.29 is 14.3 Å². The third kappa shape index (κ3) is 4.89. The average Bonchev–Trinajstić information content (AvgIpc) is 3.32. The Morgan fingerprint density at radius 3 is 2.40 bits per heavy atom. The molecule has 1 N–H and O–H groups in total. The Labute approximate surface area is 153 Å². The van der Waals surface area contributed by atoms with Gasteiger partial charge in [-0.05, 0) is 41.1 Å². The van der Waals surface area contributed by atoms with Crippen molar-refractivity contribution >= 4 is 51.9 Å². The van der Waals surface area contributed by atoms with Gasteiger partial charge in [-0.25, -0.2) is 4.79 Å². The Morgan fingerprint density at radius 2 is 1.72 bits per heavy atom. The molecule has 1 amide bonds. The lowest BCUT2D eigenvalue weighted by Gasteiger charge is -2.08. The van der Waals surface area contributed by atoms with Crippen LogP contribution in [0.1, 0.15) is 9.75 Å². The van der Waals surface area contributed by atoms with E-state index in [1.165, 1.54) is 22.7 Å². The largest absolute Gasteiger partial charge is 0.452 e. The van der Waals surface area contributed by atoms with E-state index in [9.17, 15) is 9.59 Å². The molecule has 2 heterocycles. The Hall–Kier alpha value is -2.70. The van der Waals surface area contributed by atoms with Gasteiger partial charge in [-0.3, -0.25) is 4.79 Å². The molecule has 0 unspecified atom stereocenters. The number of thiophene rings is 2. The summed E-state index contributed by atoms with van der Waals surface area (Å²) in [5.41, 5.74) is 1.11. The standard InChI is InChI=1S/C19H15NO3S2/c21-18(20-14-6-2-1-3-7-14)13-23-19(22)16(17-9-5-11-25-17)12-15-8-4-10-24-15/h1-12H,13H2,(H,20,21)/b16-12+. The van der Waals surface area contributed by atoms with E-state index >= 15 is 0 Å². The van der Waals surface area contributed by atoms with Crippen LogP contribution in [0.4, 0.5) is 5.69 Å². The van der Waals surface area contributed by atoms with Crippen LogP contribution in [-0.2, 0) is 14.3 Å². The van der Waals surface area contributed by atoms with Gasteiger partial charge in [0, 0.05) is 15.4 Å². The topological polar surface area (TPSA) is 55.4 Å². The Kier molecular flexibility index (Phi) is 5.77. The van der Waals surface area contributed by atoms with Crippen molar-refractivity contribution in [2.45, 2.75) is 0 Å².